The minimum Gasteiger partial charge on any atom is -0.390 e. The van der Waals surface area contributed by atoms with E-state index in [-0.39, 0.29) is 23.9 Å². The van der Waals surface area contributed by atoms with E-state index in [4.69, 9.17) is 9.47 Å². The van der Waals surface area contributed by atoms with E-state index >= 15 is 0 Å². The highest BCUT2D eigenvalue weighted by molar-refractivity contribution is 5.74. The second-order valence-electron chi connectivity index (χ2n) is 12.9. The lowest BCUT2D eigenvalue weighted by Crippen LogP contribution is -2.54. The van der Waals surface area contributed by atoms with E-state index in [1.54, 1.807) is 0 Å². The molecule has 3 N–H and O–H groups in total. The Morgan fingerprint density at radius 2 is 1.83 bits per heavy atom. The Hall–Kier alpha value is -1.31. The predicted molar refractivity (Wildman–Crippen MR) is 139 cm³/mol. The van der Waals surface area contributed by atoms with Crippen LogP contribution in [-0.2, 0) is 14.3 Å². The third kappa shape index (κ3) is 4.92. The molecule has 0 aromatic rings. The van der Waals surface area contributed by atoms with Gasteiger partial charge in [0.1, 0.15) is 6.29 Å². The van der Waals surface area contributed by atoms with Crippen LogP contribution in [0.15, 0.2) is 34.9 Å². The molecule has 0 bridgehead atoms. The second kappa shape index (κ2) is 9.77. The van der Waals surface area contributed by atoms with Crippen LogP contribution < -0.4 is 0 Å². The zero-order valence-corrected chi connectivity index (χ0v) is 22.9. The van der Waals surface area contributed by atoms with Gasteiger partial charge in [0, 0.05) is 18.4 Å². The van der Waals surface area contributed by atoms with Crippen LogP contribution in [0.25, 0.3) is 0 Å². The quantitative estimate of drug-likeness (QED) is 0.288. The van der Waals surface area contributed by atoms with Crippen molar-refractivity contribution in [1.82, 2.24) is 0 Å². The van der Waals surface area contributed by atoms with Crippen molar-refractivity contribution in [2.24, 2.45) is 23.2 Å². The summed E-state index contributed by atoms with van der Waals surface area (Å²) < 4.78 is 12.7. The largest absolute Gasteiger partial charge is 0.390 e. The fraction of sp³-hybridized carbons (Fsp3) is 0.767. The second-order valence-corrected chi connectivity index (χ2v) is 12.9. The average molecular weight is 503 g/mol. The maximum absolute atomic E-state index is 11.9. The van der Waals surface area contributed by atoms with Crippen LogP contribution in [0.1, 0.15) is 86.5 Å². The molecule has 6 nitrogen and oxygen atoms in total. The molecule has 4 fully saturated rings. The van der Waals surface area contributed by atoms with Crippen molar-refractivity contribution in [2.45, 2.75) is 116 Å². The van der Waals surface area contributed by atoms with Crippen molar-refractivity contribution in [1.29, 1.82) is 0 Å². The molecule has 0 aromatic heterocycles. The van der Waals surface area contributed by atoms with Gasteiger partial charge in [0.05, 0.1) is 28.3 Å². The summed E-state index contributed by atoms with van der Waals surface area (Å²) in [7, 11) is 0. The van der Waals surface area contributed by atoms with Crippen LogP contribution in [0.3, 0.4) is 0 Å². The van der Waals surface area contributed by atoms with Gasteiger partial charge in [0.25, 0.3) is 0 Å². The van der Waals surface area contributed by atoms with Gasteiger partial charge in [0.2, 0.25) is 0 Å². The molecule has 202 valence electrons. The maximum atomic E-state index is 11.9. The fourth-order valence-corrected chi connectivity index (χ4v) is 7.81. The van der Waals surface area contributed by atoms with Crippen LogP contribution in [0, 0.1) is 23.2 Å². The number of hydrogen-bond donors (Lipinski definition) is 3. The van der Waals surface area contributed by atoms with Crippen molar-refractivity contribution < 1.29 is 29.6 Å². The first kappa shape index (κ1) is 27.7. The van der Waals surface area contributed by atoms with E-state index in [0.29, 0.717) is 32.3 Å². The summed E-state index contributed by atoms with van der Waals surface area (Å²) in [4.78, 5) is 11.9. The third-order valence-electron chi connectivity index (χ3n) is 9.67. The lowest BCUT2D eigenvalue weighted by Gasteiger charge is -2.52. The first-order valence-electron chi connectivity index (χ1n) is 13.7. The molecule has 3 unspecified atom stereocenters. The molecule has 2 saturated heterocycles. The van der Waals surface area contributed by atoms with Gasteiger partial charge in [-0.15, -0.1) is 0 Å². The van der Waals surface area contributed by atoms with Gasteiger partial charge in [0.15, 0.2) is 6.29 Å². The predicted octanol–water partition coefficient (Wildman–Crippen LogP) is 4.63. The van der Waals surface area contributed by atoms with Gasteiger partial charge in [-0.25, -0.2) is 0 Å². The molecule has 4 rings (SSSR count). The Bertz CT molecular complexity index is 936. The van der Waals surface area contributed by atoms with Crippen molar-refractivity contribution >= 4 is 6.29 Å². The summed E-state index contributed by atoms with van der Waals surface area (Å²) in [5, 5.41) is 33.0. The Labute approximate surface area is 216 Å². The SMILES string of the molecule is CC(/C=C/[C@H]1[C@H](C(C)(C)O)CCC1(C)O)=C\C1C[C@@]23/C(=C(\C)C=O)CC[C@@](C)(O)[C@@H]2CCCOC3O1. The van der Waals surface area contributed by atoms with Gasteiger partial charge in [-0.2, -0.15) is 0 Å². The highest BCUT2D eigenvalue weighted by Gasteiger charge is 2.63. The smallest absolute Gasteiger partial charge is 0.168 e. The number of rotatable bonds is 5. The van der Waals surface area contributed by atoms with Crippen LogP contribution >= 0.6 is 0 Å². The van der Waals surface area contributed by atoms with Crippen molar-refractivity contribution in [3.05, 3.63) is 34.9 Å². The summed E-state index contributed by atoms with van der Waals surface area (Å²) in [6.45, 7) is 11.9. The van der Waals surface area contributed by atoms with E-state index in [2.05, 4.69) is 6.08 Å². The number of ether oxygens (including phenoxy) is 2. The number of carbonyl (C=O) groups excluding carboxylic acids is 1. The minimum absolute atomic E-state index is 0.0116. The topological polar surface area (TPSA) is 96.2 Å². The summed E-state index contributed by atoms with van der Waals surface area (Å²) in [5.41, 5.74) is -0.235. The Kier molecular flexibility index (Phi) is 7.53. The summed E-state index contributed by atoms with van der Waals surface area (Å²) in [6, 6.07) is 0. The van der Waals surface area contributed by atoms with Crippen LogP contribution in [-0.4, -0.2) is 57.4 Å². The number of aliphatic hydroxyl groups is 3. The standard InChI is InChI=1S/C30H46O6/c1-19(9-10-24-23(27(3,4)32)12-13-28(24,5)33)16-21-17-30-22(20(2)18-31)11-14-29(6,34)25(30)8-7-15-35-26(30)36-21/h9-10,16,18,21,23-26,32-34H,7-8,11-15,17H2,1-6H3/b10-9+,19-16+,22-20+/t21?,23-,24+,25+,26?,28?,29-,30-/m1/s1. The molecular weight excluding hydrogens is 456 g/mol. The van der Waals surface area contributed by atoms with E-state index < -0.39 is 28.5 Å². The van der Waals surface area contributed by atoms with Gasteiger partial charge < -0.3 is 24.8 Å². The van der Waals surface area contributed by atoms with E-state index in [9.17, 15) is 20.1 Å². The molecule has 8 atom stereocenters. The first-order chi connectivity index (χ1) is 16.7. The average Bonchev–Trinajstić information content (AvgIpc) is 3.20. The molecule has 4 aliphatic rings. The maximum Gasteiger partial charge on any atom is 0.168 e. The zero-order valence-electron chi connectivity index (χ0n) is 22.9. The van der Waals surface area contributed by atoms with Gasteiger partial charge in [-0.05, 0) is 98.0 Å². The highest BCUT2D eigenvalue weighted by atomic mass is 16.7. The molecule has 6 heteroatoms. The third-order valence-corrected chi connectivity index (χ3v) is 9.67. The number of carbonyl (C=O) groups is 1. The van der Waals surface area contributed by atoms with E-state index in [1.165, 1.54) is 0 Å². The minimum atomic E-state index is -0.863. The summed E-state index contributed by atoms with van der Waals surface area (Å²) in [5.74, 6) is -0.185. The zero-order chi connectivity index (χ0) is 26.5. The van der Waals surface area contributed by atoms with Gasteiger partial charge in [-0.1, -0.05) is 29.4 Å². The molecule has 2 aliphatic carbocycles. The van der Waals surface area contributed by atoms with Crippen LogP contribution in [0.4, 0.5) is 0 Å². The molecule has 0 amide bonds. The fourth-order valence-electron chi connectivity index (χ4n) is 7.81. The lowest BCUT2D eigenvalue weighted by atomic mass is 9.54. The molecule has 2 heterocycles. The first-order valence-corrected chi connectivity index (χ1v) is 13.7. The Morgan fingerprint density at radius 1 is 1.11 bits per heavy atom. The molecule has 2 aliphatic heterocycles. The Balaban J connectivity index is 1.63. The van der Waals surface area contributed by atoms with E-state index in [0.717, 1.165) is 42.3 Å². The van der Waals surface area contributed by atoms with Crippen molar-refractivity contribution in [2.75, 3.05) is 6.61 Å². The molecule has 36 heavy (non-hydrogen) atoms. The van der Waals surface area contributed by atoms with Crippen LogP contribution in [0.5, 0.6) is 0 Å². The normalized spacial score (nSPS) is 45.4. The molecule has 0 radical (unpaired) electrons. The monoisotopic (exact) mass is 502 g/mol. The Morgan fingerprint density at radius 3 is 2.50 bits per heavy atom. The molecular formula is C30H46O6. The van der Waals surface area contributed by atoms with Gasteiger partial charge >= 0.3 is 0 Å². The van der Waals surface area contributed by atoms with Crippen molar-refractivity contribution in [3.8, 4) is 0 Å². The number of aldehydes is 1. The number of allylic oxidation sites excluding steroid dienone is 3. The molecule has 2 saturated carbocycles. The van der Waals surface area contributed by atoms with Gasteiger partial charge in [-0.3, -0.25) is 4.79 Å². The van der Waals surface area contributed by atoms with Crippen LogP contribution in [0.2, 0.25) is 0 Å². The summed E-state index contributed by atoms with van der Waals surface area (Å²) >= 11 is 0. The lowest BCUT2D eigenvalue weighted by molar-refractivity contribution is -0.186. The number of hydrogen-bond acceptors (Lipinski definition) is 6. The highest BCUT2D eigenvalue weighted by Crippen LogP contribution is 2.61. The molecule has 1 spiro atoms. The molecule has 0 aromatic carbocycles. The summed E-state index contributed by atoms with van der Waals surface area (Å²) in [6.07, 6.45) is 11.5. The van der Waals surface area contributed by atoms with Crippen molar-refractivity contribution in [3.63, 3.8) is 0 Å². The van der Waals surface area contributed by atoms with E-state index in [1.807, 2.05) is 53.7 Å².